The van der Waals surface area contributed by atoms with Gasteiger partial charge < -0.3 is 10.4 Å². The average molecular weight is 312 g/mol. The van der Waals surface area contributed by atoms with E-state index in [-0.39, 0.29) is 5.02 Å². The Balaban J connectivity index is 1.95. The van der Waals surface area contributed by atoms with E-state index in [0.29, 0.717) is 18.7 Å². The molecule has 0 aliphatic carbocycles. The standard InChI is InChI=1S/C15H19ClFN3O/c1-9-12(10(2)20(3)19-9)7-18-8-15(21)11-4-5-13(16)14(17)6-11/h4-6,15,18,21H,7-8H2,1-3H3/t15-/m1/s1. The number of hydrogen-bond donors (Lipinski definition) is 2. The molecule has 0 spiro atoms. The highest BCUT2D eigenvalue weighted by atomic mass is 35.5. The zero-order valence-electron chi connectivity index (χ0n) is 12.3. The topological polar surface area (TPSA) is 50.1 Å². The maximum Gasteiger partial charge on any atom is 0.142 e. The van der Waals surface area contributed by atoms with Gasteiger partial charge in [0.25, 0.3) is 0 Å². The molecule has 0 fully saturated rings. The molecule has 21 heavy (non-hydrogen) atoms. The van der Waals surface area contributed by atoms with Crippen molar-refractivity contribution >= 4 is 11.6 Å². The van der Waals surface area contributed by atoms with Gasteiger partial charge in [0, 0.05) is 31.4 Å². The highest BCUT2D eigenvalue weighted by molar-refractivity contribution is 6.30. The third-order valence-electron chi connectivity index (χ3n) is 3.63. The summed E-state index contributed by atoms with van der Waals surface area (Å²) < 4.78 is 15.2. The summed E-state index contributed by atoms with van der Waals surface area (Å²) in [5.74, 6) is -0.521. The highest BCUT2D eigenvalue weighted by Gasteiger charge is 2.12. The maximum atomic E-state index is 13.4. The van der Waals surface area contributed by atoms with E-state index in [1.165, 1.54) is 12.1 Å². The van der Waals surface area contributed by atoms with Crippen molar-refractivity contribution in [1.29, 1.82) is 0 Å². The average Bonchev–Trinajstić information content (AvgIpc) is 2.68. The van der Waals surface area contributed by atoms with Gasteiger partial charge in [0.05, 0.1) is 16.8 Å². The smallest absolute Gasteiger partial charge is 0.142 e. The lowest BCUT2D eigenvalue weighted by atomic mass is 10.1. The third-order valence-corrected chi connectivity index (χ3v) is 3.93. The van der Waals surface area contributed by atoms with Gasteiger partial charge in [-0.3, -0.25) is 4.68 Å². The van der Waals surface area contributed by atoms with E-state index < -0.39 is 11.9 Å². The minimum Gasteiger partial charge on any atom is -0.387 e. The summed E-state index contributed by atoms with van der Waals surface area (Å²) in [5.41, 5.74) is 3.68. The van der Waals surface area contributed by atoms with Crippen LogP contribution in [0.1, 0.15) is 28.6 Å². The van der Waals surface area contributed by atoms with Crippen molar-refractivity contribution in [3.05, 3.63) is 51.6 Å². The molecule has 2 rings (SSSR count). The second kappa shape index (κ2) is 6.56. The molecular formula is C15H19ClFN3O. The van der Waals surface area contributed by atoms with Gasteiger partial charge in [0.2, 0.25) is 0 Å². The van der Waals surface area contributed by atoms with Crippen molar-refractivity contribution in [3.8, 4) is 0 Å². The second-order valence-electron chi connectivity index (χ2n) is 5.09. The lowest BCUT2D eigenvalue weighted by molar-refractivity contribution is 0.174. The Morgan fingerprint density at radius 2 is 2.14 bits per heavy atom. The molecule has 0 radical (unpaired) electrons. The van der Waals surface area contributed by atoms with Crippen LogP contribution in [0.3, 0.4) is 0 Å². The fourth-order valence-corrected chi connectivity index (χ4v) is 2.36. The molecule has 2 N–H and O–H groups in total. The molecule has 0 bridgehead atoms. The third kappa shape index (κ3) is 3.61. The first kappa shape index (κ1) is 15.9. The molecule has 0 saturated heterocycles. The summed E-state index contributed by atoms with van der Waals surface area (Å²) in [6.45, 7) is 4.89. The first-order chi connectivity index (χ1) is 9.90. The predicted octanol–water partition coefficient (Wildman–Crippen LogP) is 2.65. The molecule has 1 atom stereocenters. The lowest BCUT2D eigenvalue weighted by Gasteiger charge is -2.13. The highest BCUT2D eigenvalue weighted by Crippen LogP contribution is 2.20. The van der Waals surface area contributed by atoms with Gasteiger partial charge in [-0.15, -0.1) is 0 Å². The van der Waals surface area contributed by atoms with Crippen LogP contribution >= 0.6 is 11.6 Å². The van der Waals surface area contributed by atoms with Crippen molar-refractivity contribution in [3.63, 3.8) is 0 Å². The number of aryl methyl sites for hydroxylation is 2. The van der Waals surface area contributed by atoms with Gasteiger partial charge in [-0.05, 0) is 31.5 Å². The molecule has 1 heterocycles. The molecule has 1 aromatic heterocycles. The van der Waals surface area contributed by atoms with Crippen molar-refractivity contribution in [2.24, 2.45) is 7.05 Å². The minimum absolute atomic E-state index is 0.0560. The van der Waals surface area contributed by atoms with Crippen molar-refractivity contribution in [2.75, 3.05) is 6.54 Å². The molecule has 2 aromatic rings. The molecular weight excluding hydrogens is 293 g/mol. The number of nitrogens with one attached hydrogen (secondary N) is 1. The van der Waals surface area contributed by atoms with E-state index in [4.69, 9.17) is 11.6 Å². The van der Waals surface area contributed by atoms with Crippen LogP contribution in [0.25, 0.3) is 0 Å². The summed E-state index contributed by atoms with van der Waals surface area (Å²) in [5, 5.41) is 17.6. The van der Waals surface area contributed by atoms with Gasteiger partial charge in [0.15, 0.2) is 0 Å². The Hall–Kier alpha value is -1.43. The van der Waals surface area contributed by atoms with Crippen molar-refractivity contribution in [1.82, 2.24) is 15.1 Å². The van der Waals surface area contributed by atoms with Crippen LogP contribution in [0.2, 0.25) is 5.02 Å². The van der Waals surface area contributed by atoms with Crippen LogP contribution in [0.15, 0.2) is 18.2 Å². The normalized spacial score (nSPS) is 12.7. The quantitative estimate of drug-likeness (QED) is 0.892. The number of halogens is 2. The molecule has 0 aliphatic heterocycles. The summed E-state index contributed by atoms with van der Waals surface area (Å²) in [6.07, 6.45) is -0.783. The van der Waals surface area contributed by atoms with Crippen LogP contribution < -0.4 is 5.32 Å². The van der Waals surface area contributed by atoms with Gasteiger partial charge in [0.1, 0.15) is 5.82 Å². The van der Waals surface area contributed by atoms with E-state index in [0.717, 1.165) is 17.0 Å². The molecule has 0 amide bonds. The Kier molecular flexibility index (Phi) is 4.98. The lowest BCUT2D eigenvalue weighted by Crippen LogP contribution is -2.21. The second-order valence-corrected chi connectivity index (χ2v) is 5.50. The first-order valence-corrected chi connectivity index (χ1v) is 7.10. The van der Waals surface area contributed by atoms with E-state index >= 15 is 0 Å². The molecule has 1 aromatic carbocycles. The van der Waals surface area contributed by atoms with Crippen LogP contribution in [0.4, 0.5) is 4.39 Å². The van der Waals surface area contributed by atoms with Gasteiger partial charge in [-0.2, -0.15) is 5.10 Å². The largest absolute Gasteiger partial charge is 0.387 e. The summed E-state index contributed by atoms with van der Waals surface area (Å²) in [7, 11) is 1.90. The zero-order valence-corrected chi connectivity index (χ0v) is 13.1. The fourth-order valence-electron chi connectivity index (χ4n) is 2.24. The number of hydrogen-bond acceptors (Lipinski definition) is 3. The molecule has 6 heteroatoms. The monoisotopic (exact) mass is 311 g/mol. The van der Waals surface area contributed by atoms with E-state index in [1.807, 2.05) is 25.6 Å². The summed E-state index contributed by atoms with van der Waals surface area (Å²) in [4.78, 5) is 0. The van der Waals surface area contributed by atoms with Crippen LogP contribution in [-0.2, 0) is 13.6 Å². The maximum absolute atomic E-state index is 13.4. The van der Waals surface area contributed by atoms with Crippen LogP contribution in [0, 0.1) is 19.7 Å². The molecule has 114 valence electrons. The summed E-state index contributed by atoms with van der Waals surface area (Å²) >= 11 is 5.63. The Labute approximate surface area is 128 Å². The number of aromatic nitrogens is 2. The van der Waals surface area contributed by atoms with E-state index in [9.17, 15) is 9.50 Å². The molecule has 0 aliphatic rings. The Morgan fingerprint density at radius 3 is 2.71 bits per heavy atom. The molecule has 0 saturated carbocycles. The molecule has 4 nitrogen and oxygen atoms in total. The van der Waals surface area contributed by atoms with Crippen LogP contribution in [-0.4, -0.2) is 21.4 Å². The number of benzene rings is 1. The Morgan fingerprint density at radius 1 is 1.43 bits per heavy atom. The van der Waals surface area contributed by atoms with Crippen molar-refractivity contribution in [2.45, 2.75) is 26.5 Å². The number of nitrogens with zero attached hydrogens (tertiary/aromatic N) is 2. The van der Waals surface area contributed by atoms with Crippen molar-refractivity contribution < 1.29 is 9.50 Å². The fraction of sp³-hybridized carbons (Fsp3) is 0.400. The number of rotatable bonds is 5. The summed E-state index contributed by atoms with van der Waals surface area (Å²) in [6, 6.07) is 4.33. The van der Waals surface area contributed by atoms with Crippen LogP contribution in [0.5, 0.6) is 0 Å². The number of aliphatic hydroxyl groups excluding tert-OH is 1. The number of aliphatic hydroxyl groups is 1. The SMILES string of the molecule is Cc1nn(C)c(C)c1CNC[C@@H](O)c1ccc(Cl)c(F)c1. The first-order valence-electron chi connectivity index (χ1n) is 6.73. The predicted molar refractivity (Wildman–Crippen MR) is 80.8 cm³/mol. The minimum atomic E-state index is -0.783. The van der Waals surface area contributed by atoms with E-state index in [1.54, 1.807) is 6.07 Å². The van der Waals surface area contributed by atoms with Gasteiger partial charge in [-0.1, -0.05) is 17.7 Å². The van der Waals surface area contributed by atoms with E-state index in [2.05, 4.69) is 10.4 Å². The molecule has 0 unspecified atom stereocenters. The van der Waals surface area contributed by atoms with Gasteiger partial charge >= 0.3 is 0 Å². The zero-order chi connectivity index (χ0) is 15.6. The Bertz CT molecular complexity index is 642. The van der Waals surface area contributed by atoms with Gasteiger partial charge in [-0.25, -0.2) is 4.39 Å².